The normalized spacial score (nSPS) is 10.6. The predicted octanol–water partition coefficient (Wildman–Crippen LogP) is 1.98. The number of rotatable bonds is 5. The van der Waals surface area contributed by atoms with Gasteiger partial charge in [-0.25, -0.2) is 0 Å². The highest BCUT2D eigenvalue weighted by atomic mass is 16.3. The van der Waals surface area contributed by atoms with Crippen LogP contribution in [0.1, 0.15) is 33.8 Å². The number of nitrogens with one attached hydrogen (secondary N) is 2. The highest BCUT2D eigenvalue weighted by Crippen LogP contribution is 2.08. The molecule has 5 nitrogen and oxygen atoms in total. The summed E-state index contributed by atoms with van der Waals surface area (Å²) in [5.74, 6) is 0.573. The molecule has 0 aliphatic heterocycles. The number of hydrogen-bond acceptors (Lipinski definition) is 3. The van der Waals surface area contributed by atoms with Crippen LogP contribution in [0.5, 0.6) is 0 Å². The fraction of sp³-hybridized carbons (Fsp3) is 0.385. The van der Waals surface area contributed by atoms with Crippen LogP contribution in [-0.4, -0.2) is 22.6 Å². The van der Waals surface area contributed by atoms with Gasteiger partial charge >= 0.3 is 0 Å². The largest absolute Gasteiger partial charge is 0.469 e. The molecule has 0 aliphatic carbocycles. The summed E-state index contributed by atoms with van der Waals surface area (Å²) >= 11 is 0. The lowest BCUT2D eigenvalue weighted by atomic mass is 10.1. The van der Waals surface area contributed by atoms with Gasteiger partial charge in [0.2, 0.25) is 0 Å². The van der Waals surface area contributed by atoms with Crippen LogP contribution in [0.2, 0.25) is 0 Å². The van der Waals surface area contributed by atoms with E-state index in [1.165, 1.54) is 11.8 Å². The van der Waals surface area contributed by atoms with Gasteiger partial charge in [-0.05, 0) is 38.3 Å². The third-order valence-electron chi connectivity index (χ3n) is 2.95. The van der Waals surface area contributed by atoms with Gasteiger partial charge in [0, 0.05) is 12.2 Å². The van der Waals surface area contributed by atoms with E-state index in [1.807, 2.05) is 13.1 Å². The minimum Gasteiger partial charge on any atom is -0.469 e. The molecular formula is C13H17N3O2. The number of hydrogen-bond donors (Lipinski definition) is 2. The van der Waals surface area contributed by atoms with Gasteiger partial charge in [-0.3, -0.25) is 9.89 Å². The number of aromatic amines is 1. The van der Waals surface area contributed by atoms with E-state index < -0.39 is 0 Å². The standard InChI is InChI=1S/C13H17N3O2/c1-9-11(8-15-16-9)4-3-6-14-13(17)12-5-7-18-10(12)2/h5,7-8H,3-4,6H2,1-2H3,(H,14,17)(H,15,16). The number of H-pyrrole nitrogens is 1. The van der Waals surface area contributed by atoms with Crippen LogP contribution in [-0.2, 0) is 6.42 Å². The number of carbonyl (C=O) groups excluding carboxylic acids is 1. The second kappa shape index (κ2) is 5.53. The zero-order valence-corrected chi connectivity index (χ0v) is 10.6. The van der Waals surface area contributed by atoms with Crippen molar-refractivity contribution in [2.45, 2.75) is 26.7 Å². The van der Waals surface area contributed by atoms with E-state index in [9.17, 15) is 4.79 Å². The lowest BCUT2D eigenvalue weighted by molar-refractivity contribution is 0.0951. The Bertz CT molecular complexity index is 528. The number of furan rings is 1. The monoisotopic (exact) mass is 247 g/mol. The SMILES string of the molecule is Cc1[nH]ncc1CCCNC(=O)c1ccoc1C. The molecule has 0 aromatic carbocycles. The molecule has 5 heteroatoms. The zero-order valence-electron chi connectivity index (χ0n) is 10.6. The fourth-order valence-electron chi connectivity index (χ4n) is 1.82. The average Bonchev–Trinajstić information content (AvgIpc) is 2.94. The van der Waals surface area contributed by atoms with Crippen LogP contribution in [0.25, 0.3) is 0 Å². The first-order chi connectivity index (χ1) is 8.68. The van der Waals surface area contributed by atoms with Crippen molar-refractivity contribution in [3.63, 3.8) is 0 Å². The summed E-state index contributed by atoms with van der Waals surface area (Å²) in [7, 11) is 0. The molecular weight excluding hydrogens is 230 g/mol. The summed E-state index contributed by atoms with van der Waals surface area (Å²) in [6.07, 6.45) is 5.16. The molecule has 18 heavy (non-hydrogen) atoms. The topological polar surface area (TPSA) is 70.9 Å². The summed E-state index contributed by atoms with van der Waals surface area (Å²) in [5, 5.41) is 9.74. The number of carbonyl (C=O) groups is 1. The Morgan fingerprint density at radius 1 is 1.50 bits per heavy atom. The minimum absolute atomic E-state index is 0.0786. The van der Waals surface area contributed by atoms with Gasteiger partial charge in [0.05, 0.1) is 18.0 Å². The molecule has 0 aliphatic rings. The first kappa shape index (κ1) is 12.4. The van der Waals surface area contributed by atoms with E-state index in [1.54, 1.807) is 13.0 Å². The van der Waals surface area contributed by atoms with Crippen LogP contribution in [0.4, 0.5) is 0 Å². The zero-order chi connectivity index (χ0) is 13.0. The number of aryl methyl sites for hydroxylation is 3. The Morgan fingerprint density at radius 3 is 2.94 bits per heavy atom. The lowest BCUT2D eigenvalue weighted by Crippen LogP contribution is -2.24. The fourth-order valence-corrected chi connectivity index (χ4v) is 1.82. The highest BCUT2D eigenvalue weighted by Gasteiger charge is 2.10. The molecule has 2 heterocycles. The van der Waals surface area contributed by atoms with Crippen LogP contribution >= 0.6 is 0 Å². The van der Waals surface area contributed by atoms with Gasteiger partial charge in [-0.15, -0.1) is 0 Å². The Kier molecular flexibility index (Phi) is 3.82. The maximum Gasteiger partial charge on any atom is 0.254 e. The molecule has 0 spiro atoms. The maximum atomic E-state index is 11.8. The molecule has 96 valence electrons. The van der Waals surface area contributed by atoms with Gasteiger partial charge in [-0.1, -0.05) is 0 Å². The number of aromatic nitrogens is 2. The summed E-state index contributed by atoms with van der Waals surface area (Å²) in [4.78, 5) is 11.8. The highest BCUT2D eigenvalue weighted by molar-refractivity contribution is 5.94. The van der Waals surface area contributed by atoms with Crippen LogP contribution < -0.4 is 5.32 Å². The molecule has 2 aromatic heterocycles. The van der Waals surface area contributed by atoms with E-state index in [2.05, 4.69) is 15.5 Å². The third-order valence-corrected chi connectivity index (χ3v) is 2.95. The summed E-state index contributed by atoms with van der Waals surface area (Å²) in [6.45, 7) is 4.42. The van der Waals surface area contributed by atoms with Crippen molar-refractivity contribution in [3.05, 3.63) is 41.1 Å². The second-order valence-electron chi connectivity index (χ2n) is 4.27. The lowest BCUT2D eigenvalue weighted by Gasteiger charge is -2.04. The number of amides is 1. The van der Waals surface area contributed by atoms with Crippen molar-refractivity contribution >= 4 is 5.91 Å². The van der Waals surface area contributed by atoms with Crippen molar-refractivity contribution in [2.24, 2.45) is 0 Å². The molecule has 0 fully saturated rings. The van der Waals surface area contributed by atoms with E-state index >= 15 is 0 Å². The average molecular weight is 247 g/mol. The van der Waals surface area contributed by atoms with Crippen molar-refractivity contribution < 1.29 is 9.21 Å². The second-order valence-corrected chi connectivity index (χ2v) is 4.27. The Hall–Kier alpha value is -2.04. The molecule has 0 unspecified atom stereocenters. The Morgan fingerprint density at radius 2 is 2.33 bits per heavy atom. The smallest absolute Gasteiger partial charge is 0.254 e. The van der Waals surface area contributed by atoms with Gasteiger partial charge in [-0.2, -0.15) is 5.10 Å². The van der Waals surface area contributed by atoms with Crippen molar-refractivity contribution in [1.29, 1.82) is 0 Å². The van der Waals surface area contributed by atoms with E-state index in [0.29, 0.717) is 17.9 Å². The summed E-state index contributed by atoms with van der Waals surface area (Å²) in [6, 6.07) is 1.69. The first-order valence-electron chi connectivity index (χ1n) is 5.99. The maximum absolute atomic E-state index is 11.8. The van der Waals surface area contributed by atoms with Crippen molar-refractivity contribution in [3.8, 4) is 0 Å². The van der Waals surface area contributed by atoms with Gasteiger partial charge in [0.1, 0.15) is 5.76 Å². The first-order valence-corrected chi connectivity index (χ1v) is 5.99. The van der Waals surface area contributed by atoms with Crippen LogP contribution in [0, 0.1) is 13.8 Å². The van der Waals surface area contributed by atoms with E-state index in [-0.39, 0.29) is 5.91 Å². The van der Waals surface area contributed by atoms with Crippen LogP contribution in [0.15, 0.2) is 22.9 Å². The Labute approximate surface area is 106 Å². The molecule has 0 saturated carbocycles. The molecule has 0 bridgehead atoms. The molecule has 0 atom stereocenters. The van der Waals surface area contributed by atoms with E-state index in [0.717, 1.165) is 18.5 Å². The van der Waals surface area contributed by atoms with Gasteiger partial charge in [0.15, 0.2) is 0 Å². The molecule has 0 radical (unpaired) electrons. The van der Waals surface area contributed by atoms with Gasteiger partial charge < -0.3 is 9.73 Å². The van der Waals surface area contributed by atoms with Crippen molar-refractivity contribution in [2.75, 3.05) is 6.54 Å². The van der Waals surface area contributed by atoms with Crippen molar-refractivity contribution in [1.82, 2.24) is 15.5 Å². The van der Waals surface area contributed by atoms with Gasteiger partial charge in [0.25, 0.3) is 5.91 Å². The molecule has 1 amide bonds. The quantitative estimate of drug-likeness (QED) is 0.794. The molecule has 2 rings (SSSR count). The minimum atomic E-state index is -0.0786. The van der Waals surface area contributed by atoms with Crippen LogP contribution in [0.3, 0.4) is 0 Å². The Balaban J connectivity index is 1.75. The summed E-state index contributed by atoms with van der Waals surface area (Å²) < 4.78 is 5.09. The molecule has 2 aromatic rings. The predicted molar refractivity (Wildman–Crippen MR) is 67.4 cm³/mol. The number of nitrogens with zero attached hydrogens (tertiary/aromatic N) is 1. The third kappa shape index (κ3) is 2.80. The molecule has 2 N–H and O–H groups in total. The van der Waals surface area contributed by atoms with E-state index in [4.69, 9.17) is 4.42 Å². The summed E-state index contributed by atoms with van der Waals surface area (Å²) in [5.41, 5.74) is 2.89. The molecule has 0 saturated heterocycles.